The summed E-state index contributed by atoms with van der Waals surface area (Å²) in [6, 6.07) is 13.3. The van der Waals surface area contributed by atoms with Crippen LogP contribution in [0.4, 0.5) is 0 Å². The highest BCUT2D eigenvalue weighted by atomic mass is 35.5. The molecule has 1 aliphatic rings. The minimum atomic E-state index is -0.162. The van der Waals surface area contributed by atoms with E-state index in [1.807, 2.05) is 35.0 Å². The van der Waals surface area contributed by atoms with Gasteiger partial charge in [0.1, 0.15) is 13.1 Å². The number of hydrogen-bond donors (Lipinski definition) is 1. The number of benzene rings is 2. The zero-order valence-electron chi connectivity index (χ0n) is 19.5. The Balaban J connectivity index is 1.76. The van der Waals surface area contributed by atoms with Gasteiger partial charge >= 0.3 is 0 Å². The van der Waals surface area contributed by atoms with Crippen molar-refractivity contribution in [2.24, 2.45) is 5.41 Å². The number of aromatic nitrogens is 4. The molecule has 1 aromatic heterocycles. The molecule has 0 aliphatic carbocycles. The zero-order chi connectivity index (χ0) is 24.3. The Bertz CT molecular complexity index is 1130. The summed E-state index contributed by atoms with van der Waals surface area (Å²) < 4.78 is 7.57. The van der Waals surface area contributed by atoms with Crippen molar-refractivity contribution < 1.29 is 9.64 Å². The van der Waals surface area contributed by atoms with Crippen molar-refractivity contribution in [1.82, 2.24) is 20.2 Å². The lowest BCUT2D eigenvalue weighted by atomic mass is 9.86. The smallest absolute Gasteiger partial charge is 0.214 e. The number of hydrogen-bond acceptors (Lipinski definition) is 4. The van der Waals surface area contributed by atoms with Crippen molar-refractivity contribution in [3.8, 4) is 0 Å². The maximum atomic E-state index is 6.42. The average molecular weight is 522 g/mol. The molecule has 1 N–H and O–H groups in total. The second-order valence-corrected chi connectivity index (χ2v) is 10.9. The van der Waals surface area contributed by atoms with Crippen molar-refractivity contribution in [2.75, 3.05) is 26.3 Å². The van der Waals surface area contributed by atoms with Gasteiger partial charge in [-0.3, -0.25) is 0 Å². The van der Waals surface area contributed by atoms with Crippen molar-refractivity contribution in [1.29, 1.82) is 0 Å². The van der Waals surface area contributed by atoms with Crippen LogP contribution in [-0.4, -0.2) is 46.5 Å². The second-order valence-electron chi connectivity index (χ2n) is 9.57. The summed E-state index contributed by atoms with van der Waals surface area (Å²) in [5.41, 5.74) is 1.85. The molecular formula is C25H29Cl3N5O+. The molecule has 9 heteroatoms. The molecule has 2 atom stereocenters. The van der Waals surface area contributed by atoms with Gasteiger partial charge in [0.05, 0.1) is 19.3 Å². The molecular weight excluding hydrogens is 493 g/mol. The molecule has 4 rings (SSSR count). The Kier molecular flexibility index (Phi) is 7.95. The normalized spacial score (nSPS) is 17.2. The van der Waals surface area contributed by atoms with E-state index in [1.54, 1.807) is 6.07 Å². The van der Waals surface area contributed by atoms with E-state index in [0.29, 0.717) is 28.3 Å². The summed E-state index contributed by atoms with van der Waals surface area (Å²) in [6.07, 6.45) is 4.13. The van der Waals surface area contributed by atoms with Gasteiger partial charge in [-0.15, -0.1) is 5.10 Å². The van der Waals surface area contributed by atoms with Crippen LogP contribution in [-0.2, 0) is 4.74 Å². The number of rotatable bonds is 6. The molecule has 0 unspecified atom stereocenters. The van der Waals surface area contributed by atoms with E-state index >= 15 is 0 Å². The van der Waals surface area contributed by atoms with Crippen molar-refractivity contribution >= 4 is 40.9 Å². The Morgan fingerprint density at radius 2 is 1.68 bits per heavy atom. The second kappa shape index (κ2) is 10.8. The number of nitrogens with one attached hydrogen (secondary N) is 1. The topological polar surface area (TPSA) is 57.3 Å². The molecule has 3 aromatic rings. The highest BCUT2D eigenvalue weighted by molar-refractivity contribution is 6.35. The zero-order valence-corrected chi connectivity index (χ0v) is 21.8. The summed E-state index contributed by atoms with van der Waals surface area (Å²) in [5, 5.41) is 15.0. The first-order chi connectivity index (χ1) is 16.2. The maximum absolute atomic E-state index is 6.42. The van der Waals surface area contributed by atoms with Crippen LogP contribution in [0.1, 0.15) is 49.8 Å². The molecule has 2 heterocycles. The number of ether oxygens (including phenoxy) is 1. The molecule has 0 radical (unpaired) electrons. The first kappa shape index (κ1) is 25.1. The lowest BCUT2D eigenvalue weighted by Crippen LogP contribution is -3.14. The highest BCUT2D eigenvalue weighted by Gasteiger charge is 2.36. The van der Waals surface area contributed by atoms with Gasteiger partial charge in [0.2, 0.25) is 5.82 Å². The van der Waals surface area contributed by atoms with Gasteiger partial charge in [-0.1, -0.05) is 85.9 Å². The molecule has 1 fully saturated rings. The summed E-state index contributed by atoms with van der Waals surface area (Å²) in [6.45, 7) is 9.69. The lowest BCUT2D eigenvalue weighted by Gasteiger charge is -2.33. The predicted molar refractivity (Wildman–Crippen MR) is 137 cm³/mol. The molecule has 0 saturated carbocycles. The molecule has 6 nitrogen and oxygen atoms in total. The monoisotopic (exact) mass is 520 g/mol. The molecule has 180 valence electrons. The van der Waals surface area contributed by atoms with Gasteiger partial charge in [-0.25, -0.2) is 4.68 Å². The molecule has 2 aromatic carbocycles. The van der Waals surface area contributed by atoms with Gasteiger partial charge in [0.15, 0.2) is 6.04 Å². The van der Waals surface area contributed by atoms with E-state index in [9.17, 15) is 0 Å². The quantitative estimate of drug-likeness (QED) is 0.499. The number of halogens is 3. The molecule has 0 bridgehead atoms. The Morgan fingerprint density at radius 3 is 2.32 bits per heavy atom. The Morgan fingerprint density at radius 1 is 1.00 bits per heavy atom. The minimum absolute atomic E-state index is 0.0477. The fourth-order valence-electron chi connectivity index (χ4n) is 4.30. The number of allylic oxidation sites excluding steroid dienone is 1. The Labute approximate surface area is 215 Å². The first-order valence-corrected chi connectivity index (χ1v) is 12.5. The third-order valence-corrected chi connectivity index (χ3v) is 6.91. The van der Waals surface area contributed by atoms with Crippen LogP contribution < -0.4 is 4.90 Å². The number of quaternary nitrogens is 1. The van der Waals surface area contributed by atoms with Gasteiger partial charge < -0.3 is 9.64 Å². The van der Waals surface area contributed by atoms with Crippen LogP contribution >= 0.6 is 34.8 Å². The van der Waals surface area contributed by atoms with Crippen molar-refractivity contribution in [2.45, 2.75) is 32.9 Å². The maximum Gasteiger partial charge on any atom is 0.214 e. The molecule has 34 heavy (non-hydrogen) atoms. The Hall–Kier alpha value is -1.96. The summed E-state index contributed by atoms with van der Waals surface area (Å²) in [5.74, 6) is 0.811. The van der Waals surface area contributed by atoms with Gasteiger partial charge in [0, 0.05) is 20.6 Å². The van der Waals surface area contributed by atoms with Gasteiger partial charge in [0.25, 0.3) is 0 Å². The third kappa shape index (κ3) is 5.81. The summed E-state index contributed by atoms with van der Waals surface area (Å²) in [4.78, 5) is 1.36. The number of tetrazole rings is 1. The van der Waals surface area contributed by atoms with E-state index in [0.717, 1.165) is 30.0 Å². The summed E-state index contributed by atoms with van der Waals surface area (Å²) in [7, 11) is 0. The molecule has 0 spiro atoms. The largest absolute Gasteiger partial charge is 0.370 e. The average Bonchev–Trinajstić information content (AvgIpc) is 3.25. The number of nitrogens with zero attached hydrogens (tertiary/aromatic N) is 4. The third-order valence-electron chi connectivity index (χ3n) is 6.09. The van der Waals surface area contributed by atoms with Gasteiger partial charge in [-0.2, -0.15) is 0 Å². The van der Waals surface area contributed by atoms with Gasteiger partial charge in [-0.05, 0) is 45.7 Å². The number of morpholine rings is 1. The van der Waals surface area contributed by atoms with Crippen molar-refractivity contribution in [3.05, 3.63) is 80.6 Å². The molecule has 1 aliphatic heterocycles. The SMILES string of the molecule is CC(C)(C)[C@@H](C=Cc1ccc(Cl)cc1Cl)n1nnnc1[C@@H](c1ccc(Cl)cc1)[NH+]1CCOCC1. The molecule has 0 amide bonds. The fraction of sp³-hybridized carbons (Fsp3) is 0.400. The van der Waals surface area contributed by atoms with E-state index in [-0.39, 0.29) is 17.5 Å². The lowest BCUT2D eigenvalue weighted by molar-refractivity contribution is -0.933. The first-order valence-electron chi connectivity index (χ1n) is 11.3. The van der Waals surface area contributed by atoms with Crippen molar-refractivity contribution in [3.63, 3.8) is 0 Å². The standard InChI is InChI=1S/C25H28Cl3N5O/c1-25(2,3)22(11-7-17-4-10-20(27)16-21(17)28)33-24(29-30-31-33)23(32-12-14-34-15-13-32)18-5-8-19(26)9-6-18/h4-11,16,22-23H,12-15H2,1-3H3/p+1/t22-,23-/m1/s1. The van der Waals surface area contributed by atoms with Crippen LogP contribution in [0, 0.1) is 5.41 Å². The fourth-order valence-corrected chi connectivity index (χ4v) is 4.90. The van der Waals surface area contributed by atoms with E-state index in [4.69, 9.17) is 39.5 Å². The molecule has 1 saturated heterocycles. The van der Waals surface area contributed by atoms with E-state index in [2.05, 4.69) is 54.5 Å². The van der Waals surface area contributed by atoms with Crippen LogP contribution in [0.3, 0.4) is 0 Å². The van der Waals surface area contributed by atoms with Crippen LogP contribution in [0.15, 0.2) is 48.5 Å². The minimum Gasteiger partial charge on any atom is -0.370 e. The highest BCUT2D eigenvalue weighted by Crippen LogP contribution is 2.34. The van der Waals surface area contributed by atoms with Crippen LogP contribution in [0.2, 0.25) is 15.1 Å². The van der Waals surface area contributed by atoms with Crippen LogP contribution in [0.5, 0.6) is 0 Å². The van der Waals surface area contributed by atoms with Crippen LogP contribution in [0.25, 0.3) is 6.08 Å². The van der Waals surface area contributed by atoms with E-state index < -0.39 is 0 Å². The predicted octanol–water partition coefficient (Wildman–Crippen LogP) is 4.94. The summed E-state index contributed by atoms with van der Waals surface area (Å²) >= 11 is 18.7. The van der Waals surface area contributed by atoms with E-state index in [1.165, 1.54) is 4.90 Å².